The first-order valence-corrected chi connectivity index (χ1v) is 7.02. The Morgan fingerprint density at radius 1 is 1.20 bits per heavy atom. The van der Waals surface area contributed by atoms with Gasteiger partial charge in [0.2, 0.25) is 0 Å². The van der Waals surface area contributed by atoms with Crippen LogP contribution in [0.25, 0.3) is 0 Å². The van der Waals surface area contributed by atoms with E-state index < -0.39 is 9.28 Å². The zero-order chi connectivity index (χ0) is 11.1. The molecule has 83 valence electrons. The summed E-state index contributed by atoms with van der Waals surface area (Å²) in [7, 11) is -1.17. The quantitative estimate of drug-likeness (QED) is 0.716. The highest BCUT2D eigenvalue weighted by molar-refractivity contribution is 6.43. The van der Waals surface area contributed by atoms with E-state index in [1.54, 1.807) is 0 Å². The minimum atomic E-state index is -1.17. The molecule has 0 aromatic heterocycles. The molecular formula is C11H16ClO2Si. The molecule has 0 aliphatic carbocycles. The van der Waals surface area contributed by atoms with Gasteiger partial charge < -0.3 is 8.85 Å². The Hall–Kier alpha value is -0.353. The largest absolute Gasteiger partial charge is 0.393 e. The van der Waals surface area contributed by atoms with Crippen LogP contribution in [-0.2, 0) is 14.9 Å². The molecule has 0 amide bonds. The summed E-state index contributed by atoms with van der Waals surface area (Å²) in [6.45, 7) is 5.38. The average molecular weight is 244 g/mol. The molecule has 4 heteroatoms. The van der Waals surface area contributed by atoms with Crippen LogP contribution < -0.4 is 0 Å². The third-order valence-corrected chi connectivity index (χ3v) is 4.00. The highest BCUT2D eigenvalue weighted by Crippen LogP contribution is 2.12. The standard InChI is InChI=1S/C11H16ClO2Si/c1-3-13-15(14-4-2)9-10-6-5-7-11(12)8-10/h5-8H,3-4,9H2,1-2H3. The van der Waals surface area contributed by atoms with Crippen molar-refractivity contribution in [1.82, 2.24) is 0 Å². The molecule has 0 aliphatic rings. The molecule has 1 aromatic carbocycles. The first-order chi connectivity index (χ1) is 7.26. The average Bonchev–Trinajstić information content (AvgIpc) is 2.18. The summed E-state index contributed by atoms with van der Waals surface area (Å²) in [4.78, 5) is 0. The summed E-state index contributed by atoms with van der Waals surface area (Å²) in [5.41, 5.74) is 1.18. The SMILES string of the molecule is CCO[Si](Cc1cccc(Cl)c1)OCC. The zero-order valence-electron chi connectivity index (χ0n) is 9.13. The molecule has 0 fully saturated rings. The van der Waals surface area contributed by atoms with Crippen LogP contribution in [0.2, 0.25) is 5.02 Å². The Bertz CT molecular complexity index is 288. The first kappa shape index (κ1) is 12.7. The van der Waals surface area contributed by atoms with Crippen LogP contribution in [0.4, 0.5) is 0 Å². The van der Waals surface area contributed by atoms with E-state index in [4.69, 9.17) is 20.5 Å². The van der Waals surface area contributed by atoms with Crippen molar-refractivity contribution in [3.8, 4) is 0 Å². The predicted molar refractivity (Wildman–Crippen MR) is 64.2 cm³/mol. The van der Waals surface area contributed by atoms with Crippen LogP contribution in [0.5, 0.6) is 0 Å². The molecule has 1 rings (SSSR count). The predicted octanol–water partition coefficient (Wildman–Crippen LogP) is 2.98. The van der Waals surface area contributed by atoms with E-state index in [1.165, 1.54) is 5.56 Å². The van der Waals surface area contributed by atoms with Gasteiger partial charge >= 0.3 is 9.28 Å². The lowest BCUT2D eigenvalue weighted by molar-refractivity contribution is 0.213. The lowest BCUT2D eigenvalue weighted by Gasteiger charge is -2.13. The van der Waals surface area contributed by atoms with E-state index in [2.05, 4.69) is 6.07 Å². The molecule has 0 unspecified atom stereocenters. The van der Waals surface area contributed by atoms with Gasteiger partial charge in [-0.3, -0.25) is 0 Å². The van der Waals surface area contributed by atoms with Crippen molar-refractivity contribution in [2.24, 2.45) is 0 Å². The Kier molecular flexibility index (Phi) is 5.94. The van der Waals surface area contributed by atoms with Crippen LogP contribution in [0, 0.1) is 0 Å². The number of benzene rings is 1. The molecule has 0 spiro atoms. The molecule has 0 aliphatic heterocycles. The molecule has 0 heterocycles. The van der Waals surface area contributed by atoms with Gasteiger partial charge in [0.25, 0.3) is 0 Å². The van der Waals surface area contributed by atoms with E-state index in [-0.39, 0.29) is 0 Å². The number of hydrogen-bond acceptors (Lipinski definition) is 2. The molecule has 15 heavy (non-hydrogen) atoms. The van der Waals surface area contributed by atoms with E-state index >= 15 is 0 Å². The molecule has 0 bridgehead atoms. The molecule has 0 saturated carbocycles. The van der Waals surface area contributed by atoms with E-state index in [0.29, 0.717) is 13.2 Å². The fourth-order valence-corrected chi connectivity index (χ4v) is 2.98. The van der Waals surface area contributed by atoms with Crippen molar-refractivity contribution in [3.05, 3.63) is 34.9 Å². The normalized spacial score (nSPS) is 10.9. The Labute approximate surface area is 98.0 Å². The lowest BCUT2D eigenvalue weighted by Crippen LogP contribution is -2.26. The van der Waals surface area contributed by atoms with Gasteiger partial charge in [-0.25, -0.2) is 0 Å². The van der Waals surface area contributed by atoms with Crippen molar-refractivity contribution < 1.29 is 8.85 Å². The highest BCUT2D eigenvalue weighted by Gasteiger charge is 2.15. The molecule has 0 N–H and O–H groups in total. The van der Waals surface area contributed by atoms with Crippen molar-refractivity contribution in [3.63, 3.8) is 0 Å². The summed E-state index contributed by atoms with van der Waals surface area (Å²) in [5, 5.41) is 0.766. The van der Waals surface area contributed by atoms with Gasteiger partial charge in [-0.05, 0) is 31.5 Å². The molecule has 0 saturated heterocycles. The van der Waals surface area contributed by atoms with Crippen molar-refractivity contribution >= 4 is 20.9 Å². The van der Waals surface area contributed by atoms with Crippen LogP contribution in [-0.4, -0.2) is 22.5 Å². The van der Waals surface area contributed by atoms with E-state index in [0.717, 1.165) is 11.1 Å². The first-order valence-electron chi connectivity index (χ1n) is 5.12. The minimum absolute atomic E-state index is 0.703. The summed E-state index contributed by atoms with van der Waals surface area (Å²) in [5.74, 6) is 0. The van der Waals surface area contributed by atoms with Gasteiger partial charge in [-0.1, -0.05) is 23.7 Å². The second-order valence-corrected chi connectivity index (χ2v) is 5.16. The van der Waals surface area contributed by atoms with Crippen molar-refractivity contribution in [1.29, 1.82) is 0 Å². The van der Waals surface area contributed by atoms with Crippen LogP contribution >= 0.6 is 11.6 Å². The maximum absolute atomic E-state index is 5.91. The number of hydrogen-bond donors (Lipinski definition) is 0. The van der Waals surface area contributed by atoms with Gasteiger partial charge in [0.05, 0.1) is 0 Å². The summed E-state index contributed by atoms with van der Waals surface area (Å²) < 4.78 is 11.1. The van der Waals surface area contributed by atoms with Crippen LogP contribution in [0.15, 0.2) is 24.3 Å². The summed E-state index contributed by atoms with van der Waals surface area (Å²) in [6, 6.07) is 8.68. The lowest BCUT2D eigenvalue weighted by atomic mass is 10.2. The third-order valence-electron chi connectivity index (χ3n) is 1.85. The molecule has 1 aromatic rings. The van der Waals surface area contributed by atoms with Gasteiger partial charge in [0, 0.05) is 24.3 Å². The Morgan fingerprint density at radius 3 is 2.40 bits per heavy atom. The second-order valence-electron chi connectivity index (χ2n) is 3.04. The molecule has 2 nitrogen and oxygen atoms in total. The monoisotopic (exact) mass is 243 g/mol. The Morgan fingerprint density at radius 2 is 1.87 bits per heavy atom. The molecular weight excluding hydrogens is 228 g/mol. The van der Waals surface area contributed by atoms with Gasteiger partial charge in [0.1, 0.15) is 0 Å². The maximum atomic E-state index is 5.91. The number of rotatable bonds is 6. The third kappa shape index (κ3) is 4.80. The fraction of sp³-hybridized carbons (Fsp3) is 0.455. The van der Waals surface area contributed by atoms with Gasteiger partial charge in [-0.15, -0.1) is 0 Å². The highest BCUT2D eigenvalue weighted by atomic mass is 35.5. The van der Waals surface area contributed by atoms with Gasteiger partial charge in [0.15, 0.2) is 0 Å². The summed E-state index contributed by atoms with van der Waals surface area (Å²) >= 11 is 5.91. The maximum Gasteiger partial charge on any atom is 0.389 e. The zero-order valence-corrected chi connectivity index (χ0v) is 10.9. The van der Waals surface area contributed by atoms with E-state index in [1.807, 2.05) is 32.0 Å². The molecule has 1 radical (unpaired) electrons. The number of halogens is 1. The van der Waals surface area contributed by atoms with Crippen molar-refractivity contribution in [2.75, 3.05) is 13.2 Å². The fourth-order valence-electron chi connectivity index (χ4n) is 1.28. The Balaban J connectivity index is 2.56. The van der Waals surface area contributed by atoms with E-state index in [9.17, 15) is 0 Å². The van der Waals surface area contributed by atoms with Crippen LogP contribution in [0.1, 0.15) is 19.4 Å². The minimum Gasteiger partial charge on any atom is -0.393 e. The van der Waals surface area contributed by atoms with Crippen LogP contribution in [0.3, 0.4) is 0 Å². The summed E-state index contributed by atoms with van der Waals surface area (Å²) in [6.07, 6.45) is 0. The topological polar surface area (TPSA) is 18.5 Å². The second kappa shape index (κ2) is 7.01. The van der Waals surface area contributed by atoms with Crippen molar-refractivity contribution in [2.45, 2.75) is 19.9 Å². The molecule has 0 atom stereocenters. The smallest absolute Gasteiger partial charge is 0.389 e. The van der Waals surface area contributed by atoms with Gasteiger partial charge in [-0.2, -0.15) is 0 Å².